The van der Waals surface area contributed by atoms with E-state index in [0.717, 1.165) is 37.4 Å². The molecule has 0 aliphatic heterocycles. The van der Waals surface area contributed by atoms with Crippen LogP contribution in [0.2, 0.25) is 0 Å². The van der Waals surface area contributed by atoms with Crippen LogP contribution in [0.25, 0.3) is 0 Å². The lowest BCUT2D eigenvalue weighted by atomic mass is 9.97. The average molecular weight is 223 g/mol. The molecule has 2 rings (SSSR count). The average Bonchev–Trinajstić information content (AvgIpc) is 2.87. The molecule has 4 heteroatoms. The zero-order valence-electron chi connectivity index (χ0n) is 10.1. The van der Waals surface area contributed by atoms with Crippen molar-refractivity contribution in [2.24, 2.45) is 11.8 Å². The van der Waals surface area contributed by atoms with E-state index in [1.54, 1.807) is 6.20 Å². The van der Waals surface area contributed by atoms with Gasteiger partial charge in [-0.25, -0.2) is 4.68 Å². The maximum absolute atomic E-state index is 10.3. The van der Waals surface area contributed by atoms with Gasteiger partial charge in [0, 0.05) is 6.54 Å². The van der Waals surface area contributed by atoms with Crippen molar-refractivity contribution < 1.29 is 5.11 Å². The molecule has 1 saturated carbocycles. The molecule has 0 amide bonds. The van der Waals surface area contributed by atoms with E-state index >= 15 is 0 Å². The molecule has 1 aromatic rings. The van der Waals surface area contributed by atoms with Gasteiger partial charge >= 0.3 is 0 Å². The van der Waals surface area contributed by atoms with Gasteiger partial charge in [-0.1, -0.05) is 25.5 Å². The number of aromatic nitrogens is 3. The zero-order valence-corrected chi connectivity index (χ0v) is 10.1. The molecule has 3 atom stereocenters. The van der Waals surface area contributed by atoms with Gasteiger partial charge in [0.15, 0.2) is 0 Å². The highest BCUT2D eigenvalue weighted by molar-refractivity contribution is 5.02. The Bertz CT molecular complexity index is 337. The SMILES string of the molecule is CCCn1nncc1C(O)C1CCC(C)C1. The molecule has 16 heavy (non-hydrogen) atoms. The van der Waals surface area contributed by atoms with Crippen LogP contribution < -0.4 is 0 Å². The summed E-state index contributed by atoms with van der Waals surface area (Å²) in [6, 6.07) is 0. The highest BCUT2D eigenvalue weighted by Crippen LogP contribution is 2.38. The lowest BCUT2D eigenvalue weighted by Crippen LogP contribution is -2.15. The Morgan fingerprint density at radius 1 is 1.56 bits per heavy atom. The lowest BCUT2D eigenvalue weighted by molar-refractivity contribution is 0.1000. The second-order valence-electron chi connectivity index (χ2n) is 5.01. The lowest BCUT2D eigenvalue weighted by Gasteiger charge is -2.18. The van der Waals surface area contributed by atoms with Crippen molar-refractivity contribution in [1.29, 1.82) is 0 Å². The summed E-state index contributed by atoms with van der Waals surface area (Å²) in [5, 5.41) is 18.3. The van der Waals surface area contributed by atoms with Crippen molar-refractivity contribution in [2.75, 3.05) is 0 Å². The molecule has 0 saturated heterocycles. The van der Waals surface area contributed by atoms with Gasteiger partial charge in [-0.05, 0) is 31.1 Å². The van der Waals surface area contributed by atoms with Crippen molar-refractivity contribution in [3.8, 4) is 0 Å². The molecular weight excluding hydrogens is 202 g/mol. The number of rotatable bonds is 4. The summed E-state index contributed by atoms with van der Waals surface area (Å²) in [5.41, 5.74) is 0.890. The molecule has 1 N–H and O–H groups in total. The van der Waals surface area contributed by atoms with E-state index in [4.69, 9.17) is 0 Å². The van der Waals surface area contributed by atoms with Gasteiger partial charge < -0.3 is 5.11 Å². The molecule has 1 aromatic heterocycles. The summed E-state index contributed by atoms with van der Waals surface area (Å²) in [5.74, 6) is 1.14. The smallest absolute Gasteiger partial charge is 0.100 e. The Morgan fingerprint density at radius 3 is 3.00 bits per heavy atom. The summed E-state index contributed by atoms with van der Waals surface area (Å²) in [4.78, 5) is 0. The maximum Gasteiger partial charge on any atom is 0.100 e. The van der Waals surface area contributed by atoms with Crippen LogP contribution in [0.3, 0.4) is 0 Å². The Hall–Kier alpha value is -0.900. The third kappa shape index (κ3) is 2.26. The fraction of sp³-hybridized carbons (Fsp3) is 0.833. The predicted octanol–water partition coefficient (Wildman–Crippen LogP) is 2.16. The molecule has 4 nitrogen and oxygen atoms in total. The van der Waals surface area contributed by atoms with Crippen LogP contribution in [0.1, 0.15) is 51.3 Å². The van der Waals surface area contributed by atoms with Crippen LogP contribution in [0.15, 0.2) is 6.20 Å². The highest BCUT2D eigenvalue weighted by Gasteiger charge is 2.30. The van der Waals surface area contributed by atoms with E-state index in [0.29, 0.717) is 5.92 Å². The predicted molar refractivity (Wildman–Crippen MR) is 61.8 cm³/mol. The Kier molecular flexibility index (Phi) is 3.59. The summed E-state index contributed by atoms with van der Waals surface area (Å²) in [7, 11) is 0. The first kappa shape index (κ1) is 11.6. The fourth-order valence-electron chi connectivity index (χ4n) is 2.66. The van der Waals surface area contributed by atoms with E-state index in [1.807, 2.05) is 4.68 Å². The van der Waals surface area contributed by atoms with Crippen molar-refractivity contribution in [3.05, 3.63) is 11.9 Å². The standard InChI is InChI=1S/C12H21N3O/c1-3-6-15-11(8-13-14-15)12(16)10-5-4-9(2)7-10/h8-10,12,16H,3-7H2,1-2H3. The number of aryl methyl sites for hydroxylation is 1. The molecule has 1 aliphatic rings. The van der Waals surface area contributed by atoms with Gasteiger partial charge in [-0.3, -0.25) is 0 Å². The number of hydrogen-bond donors (Lipinski definition) is 1. The topological polar surface area (TPSA) is 50.9 Å². The van der Waals surface area contributed by atoms with E-state index in [2.05, 4.69) is 24.2 Å². The summed E-state index contributed by atoms with van der Waals surface area (Å²) >= 11 is 0. The van der Waals surface area contributed by atoms with Crippen LogP contribution in [-0.2, 0) is 6.54 Å². The molecule has 90 valence electrons. The van der Waals surface area contributed by atoms with Crippen LogP contribution >= 0.6 is 0 Å². The van der Waals surface area contributed by atoms with Gasteiger partial charge in [0.25, 0.3) is 0 Å². The minimum atomic E-state index is -0.383. The van der Waals surface area contributed by atoms with Gasteiger partial charge in [0.2, 0.25) is 0 Å². The first-order valence-corrected chi connectivity index (χ1v) is 6.28. The maximum atomic E-state index is 10.3. The molecule has 0 spiro atoms. The largest absolute Gasteiger partial charge is 0.386 e. The number of nitrogens with zero attached hydrogens (tertiary/aromatic N) is 3. The normalized spacial score (nSPS) is 27.2. The molecule has 1 heterocycles. The monoisotopic (exact) mass is 223 g/mol. The van der Waals surface area contributed by atoms with Crippen molar-refractivity contribution in [3.63, 3.8) is 0 Å². The number of aliphatic hydroxyl groups excluding tert-OH is 1. The second-order valence-corrected chi connectivity index (χ2v) is 5.01. The first-order chi connectivity index (χ1) is 7.72. The van der Waals surface area contributed by atoms with E-state index < -0.39 is 0 Å². The van der Waals surface area contributed by atoms with Crippen LogP contribution in [0.4, 0.5) is 0 Å². The highest BCUT2D eigenvalue weighted by atomic mass is 16.3. The third-order valence-electron chi connectivity index (χ3n) is 3.57. The number of aliphatic hydroxyl groups is 1. The zero-order chi connectivity index (χ0) is 11.5. The molecule has 0 aromatic carbocycles. The Labute approximate surface area is 96.7 Å². The molecule has 1 fully saturated rings. The fourth-order valence-corrected chi connectivity index (χ4v) is 2.66. The summed E-state index contributed by atoms with van der Waals surface area (Å²) in [6.45, 7) is 5.21. The number of hydrogen-bond acceptors (Lipinski definition) is 3. The molecule has 3 unspecified atom stereocenters. The van der Waals surface area contributed by atoms with Crippen molar-refractivity contribution >= 4 is 0 Å². The van der Waals surface area contributed by atoms with Gasteiger partial charge in [0.1, 0.15) is 6.10 Å². The van der Waals surface area contributed by atoms with Gasteiger partial charge in [-0.2, -0.15) is 0 Å². The van der Waals surface area contributed by atoms with Crippen LogP contribution in [-0.4, -0.2) is 20.1 Å². The quantitative estimate of drug-likeness (QED) is 0.851. The van der Waals surface area contributed by atoms with E-state index in [-0.39, 0.29) is 6.10 Å². The third-order valence-corrected chi connectivity index (χ3v) is 3.57. The Morgan fingerprint density at radius 2 is 2.38 bits per heavy atom. The second kappa shape index (κ2) is 4.95. The molecule has 0 bridgehead atoms. The van der Waals surface area contributed by atoms with E-state index in [9.17, 15) is 5.11 Å². The van der Waals surface area contributed by atoms with Crippen molar-refractivity contribution in [1.82, 2.24) is 15.0 Å². The first-order valence-electron chi connectivity index (χ1n) is 6.28. The minimum Gasteiger partial charge on any atom is -0.386 e. The summed E-state index contributed by atoms with van der Waals surface area (Å²) in [6.07, 6.45) is 5.83. The molecular formula is C12H21N3O. The Balaban J connectivity index is 2.07. The van der Waals surface area contributed by atoms with Gasteiger partial charge in [-0.15, -0.1) is 5.10 Å². The molecule has 0 radical (unpaired) electrons. The van der Waals surface area contributed by atoms with Crippen molar-refractivity contribution in [2.45, 2.75) is 52.2 Å². The summed E-state index contributed by atoms with van der Waals surface area (Å²) < 4.78 is 1.84. The minimum absolute atomic E-state index is 0.383. The van der Waals surface area contributed by atoms with E-state index in [1.165, 1.54) is 6.42 Å². The van der Waals surface area contributed by atoms with Crippen LogP contribution in [0.5, 0.6) is 0 Å². The van der Waals surface area contributed by atoms with Gasteiger partial charge in [0.05, 0.1) is 11.9 Å². The molecule has 1 aliphatic carbocycles. The van der Waals surface area contributed by atoms with Crippen LogP contribution in [0, 0.1) is 11.8 Å².